The lowest BCUT2D eigenvalue weighted by molar-refractivity contribution is 0.409. The molecule has 2 aromatic rings. The Kier molecular flexibility index (Phi) is 4.08. The molecule has 0 saturated carbocycles. The third kappa shape index (κ3) is 2.82. The van der Waals surface area contributed by atoms with Gasteiger partial charge in [0.1, 0.15) is 5.75 Å². The van der Waals surface area contributed by atoms with Gasteiger partial charge in [-0.25, -0.2) is 0 Å². The second-order valence-corrected chi connectivity index (χ2v) is 5.43. The summed E-state index contributed by atoms with van der Waals surface area (Å²) in [6.45, 7) is 2.10. The Morgan fingerprint density at radius 3 is 2.71 bits per heavy atom. The first-order valence-corrected chi connectivity index (χ1v) is 6.84. The van der Waals surface area contributed by atoms with Gasteiger partial charge in [-0.2, -0.15) is 0 Å². The molecule has 1 heterocycles. The molecule has 3 heteroatoms. The average molecular weight is 267 g/mol. The first-order valence-electron chi connectivity index (χ1n) is 5.52. The SMILES string of the molecule is COc1ccccc1CC(Cl)c1sccc1C. The largest absolute Gasteiger partial charge is 0.496 e. The smallest absolute Gasteiger partial charge is 0.122 e. The first kappa shape index (κ1) is 12.5. The van der Waals surface area contributed by atoms with E-state index in [2.05, 4.69) is 24.4 Å². The summed E-state index contributed by atoms with van der Waals surface area (Å²) in [4.78, 5) is 1.25. The predicted molar refractivity (Wildman–Crippen MR) is 74.3 cm³/mol. The molecule has 1 unspecified atom stereocenters. The molecule has 0 spiro atoms. The van der Waals surface area contributed by atoms with Gasteiger partial charge in [0.05, 0.1) is 12.5 Å². The summed E-state index contributed by atoms with van der Waals surface area (Å²) >= 11 is 8.19. The van der Waals surface area contributed by atoms with Gasteiger partial charge in [0.15, 0.2) is 0 Å². The van der Waals surface area contributed by atoms with Crippen LogP contribution < -0.4 is 4.74 Å². The molecule has 0 saturated heterocycles. The molecule has 0 N–H and O–H groups in total. The van der Waals surface area contributed by atoms with Crippen LogP contribution in [0.15, 0.2) is 35.7 Å². The van der Waals surface area contributed by atoms with Crippen LogP contribution in [0.3, 0.4) is 0 Å². The summed E-state index contributed by atoms with van der Waals surface area (Å²) in [5.41, 5.74) is 2.42. The molecule has 0 fully saturated rings. The summed E-state index contributed by atoms with van der Waals surface area (Å²) in [5, 5.41) is 2.11. The maximum atomic E-state index is 6.47. The van der Waals surface area contributed by atoms with E-state index in [0.29, 0.717) is 0 Å². The summed E-state index contributed by atoms with van der Waals surface area (Å²) in [6.07, 6.45) is 0.799. The molecule has 90 valence electrons. The molecule has 0 bridgehead atoms. The minimum atomic E-state index is 0.0197. The van der Waals surface area contributed by atoms with E-state index in [0.717, 1.165) is 17.7 Å². The molecule has 0 aliphatic heterocycles. The minimum Gasteiger partial charge on any atom is -0.496 e. The van der Waals surface area contributed by atoms with Crippen LogP contribution >= 0.6 is 22.9 Å². The molecule has 0 radical (unpaired) electrons. The maximum Gasteiger partial charge on any atom is 0.122 e. The van der Waals surface area contributed by atoms with E-state index in [-0.39, 0.29) is 5.38 Å². The lowest BCUT2D eigenvalue weighted by Crippen LogP contribution is -1.98. The van der Waals surface area contributed by atoms with Gasteiger partial charge >= 0.3 is 0 Å². The number of methoxy groups -OCH3 is 1. The van der Waals surface area contributed by atoms with Crippen LogP contribution in [0.1, 0.15) is 21.4 Å². The molecular weight excluding hydrogens is 252 g/mol. The van der Waals surface area contributed by atoms with Gasteiger partial charge in [-0.1, -0.05) is 18.2 Å². The number of para-hydroxylation sites is 1. The molecule has 1 aromatic heterocycles. The summed E-state index contributed by atoms with van der Waals surface area (Å²) < 4.78 is 5.34. The van der Waals surface area contributed by atoms with Crippen LogP contribution in [-0.2, 0) is 6.42 Å². The summed E-state index contributed by atoms with van der Waals surface area (Å²) in [6, 6.07) is 10.1. The topological polar surface area (TPSA) is 9.23 Å². The fourth-order valence-corrected chi connectivity index (χ4v) is 3.26. The zero-order valence-electron chi connectivity index (χ0n) is 9.94. The average Bonchev–Trinajstić information content (AvgIpc) is 2.76. The van der Waals surface area contributed by atoms with E-state index >= 15 is 0 Å². The van der Waals surface area contributed by atoms with Crippen molar-refractivity contribution in [2.75, 3.05) is 7.11 Å². The van der Waals surface area contributed by atoms with E-state index < -0.39 is 0 Å². The molecule has 2 rings (SSSR count). The Balaban J connectivity index is 2.18. The third-order valence-electron chi connectivity index (χ3n) is 2.78. The van der Waals surface area contributed by atoms with Gasteiger partial charge in [0, 0.05) is 4.88 Å². The number of alkyl halides is 1. The predicted octanol–water partition coefficient (Wildman–Crippen LogP) is 4.59. The number of hydrogen-bond donors (Lipinski definition) is 0. The number of benzene rings is 1. The fourth-order valence-electron chi connectivity index (χ4n) is 1.86. The Hall–Kier alpha value is -0.990. The van der Waals surface area contributed by atoms with Crippen molar-refractivity contribution in [1.29, 1.82) is 0 Å². The zero-order valence-corrected chi connectivity index (χ0v) is 11.5. The van der Waals surface area contributed by atoms with Gasteiger partial charge in [0.2, 0.25) is 0 Å². The van der Waals surface area contributed by atoms with Crippen LogP contribution in [0.5, 0.6) is 5.75 Å². The molecule has 1 aromatic carbocycles. The van der Waals surface area contributed by atoms with Crippen molar-refractivity contribution in [1.82, 2.24) is 0 Å². The van der Waals surface area contributed by atoms with E-state index in [1.807, 2.05) is 18.2 Å². The quantitative estimate of drug-likeness (QED) is 0.736. The fraction of sp³-hybridized carbons (Fsp3) is 0.286. The summed E-state index contributed by atoms with van der Waals surface area (Å²) in [5.74, 6) is 0.910. The van der Waals surface area contributed by atoms with Crippen LogP contribution in [0.2, 0.25) is 0 Å². The van der Waals surface area contributed by atoms with Gasteiger partial charge in [-0.15, -0.1) is 22.9 Å². The maximum absolute atomic E-state index is 6.47. The highest BCUT2D eigenvalue weighted by atomic mass is 35.5. The van der Waals surface area contributed by atoms with Crippen molar-refractivity contribution in [3.8, 4) is 5.75 Å². The molecule has 0 aliphatic carbocycles. The van der Waals surface area contributed by atoms with Crippen molar-refractivity contribution < 1.29 is 4.74 Å². The molecule has 17 heavy (non-hydrogen) atoms. The Morgan fingerprint density at radius 2 is 2.06 bits per heavy atom. The number of ether oxygens (including phenoxy) is 1. The highest BCUT2D eigenvalue weighted by molar-refractivity contribution is 7.10. The highest BCUT2D eigenvalue weighted by Crippen LogP contribution is 2.33. The third-order valence-corrected chi connectivity index (χ3v) is 4.41. The monoisotopic (exact) mass is 266 g/mol. The molecule has 0 aliphatic rings. The lowest BCUT2D eigenvalue weighted by Gasteiger charge is -2.12. The normalized spacial score (nSPS) is 12.4. The van der Waals surface area contributed by atoms with E-state index in [4.69, 9.17) is 16.3 Å². The van der Waals surface area contributed by atoms with E-state index in [1.165, 1.54) is 10.4 Å². The zero-order chi connectivity index (χ0) is 12.3. The number of aryl methyl sites for hydroxylation is 1. The van der Waals surface area contributed by atoms with Crippen molar-refractivity contribution in [3.63, 3.8) is 0 Å². The van der Waals surface area contributed by atoms with Crippen LogP contribution in [0.25, 0.3) is 0 Å². The van der Waals surface area contributed by atoms with Crippen molar-refractivity contribution in [3.05, 3.63) is 51.7 Å². The molecule has 1 nitrogen and oxygen atoms in total. The van der Waals surface area contributed by atoms with Gasteiger partial charge < -0.3 is 4.74 Å². The molecular formula is C14H15ClOS. The summed E-state index contributed by atoms with van der Waals surface area (Å²) in [7, 11) is 1.69. The van der Waals surface area contributed by atoms with Crippen molar-refractivity contribution >= 4 is 22.9 Å². The Morgan fingerprint density at radius 1 is 1.29 bits per heavy atom. The van der Waals surface area contributed by atoms with E-state index in [1.54, 1.807) is 18.4 Å². The second-order valence-electron chi connectivity index (χ2n) is 3.95. The van der Waals surface area contributed by atoms with Gasteiger partial charge in [0.25, 0.3) is 0 Å². The Bertz CT molecular complexity index is 492. The first-order chi connectivity index (χ1) is 8.22. The number of thiophene rings is 1. The number of halogens is 1. The van der Waals surface area contributed by atoms with Crippen molar-refractivity contribution in [2.24, 2.45) is 0 Å². The minimum absolute atomic E-state index is 0.0197. The van der Waals surface area contributed by atoms with Gasteiger partial charge in [-0.05, 0) is 42.0 Å². The van der Waals surface area contributed by atoms with E-state index in [9.17, 15) is 0 Å². The highest BCUT2D eigenvalue weighted by Gasteiger charge is 2.14. The van der Waals surface area contributed by atoms with Crippen LogP contribution in [-0.4, -0.2) is 7.11 Å². The number of hydrogen-bond acceptors (Lipinski definition) is 2. The second kappa shape index (κ2) is 5.56. The standard InChI is InChI=1S/C14H15ClOS/c1-10-7-8-17-14(10)12(15)9-11-5-3-4-6-13(11)16-2/h3-8,12H,9H2,1-2H3. The lowest BCUT2D eigenvalue weighted by atomic mass is 10.1. The van der Waals surface area contributed by atoms with Crippen LogP contribution in [0.4, 0.5) is 0 Å². The molecule has 1 atom stereocenters. The number of rotatable bonds is 4. The molecule has 0 amide bonds. The van der Waals surface area contributed by atoms with Crippen LogP contribution in [0, 0.1) is 6.92 Å². The van der Waals surface area contributed by atoms with Crippen molar-refractivity contribution in [2.45, 2.75) is 18.7 Å². The van der Waals surface area contributed by atoms with Gasteiger partial charge in [-0.3, -0.25) is 0 Å². The Labute approximate surface area is 111 Å².